The predicted molar refractivity (Wildman–Crippen MR) is 234 cm³/mol. The van der Waals surface area contributed by atoms with E-state index < -0.39 is 0 Å². The third-order valence-electron chi connectivity index (χ3n) is 12.3. The van der Waals surface area contributed by atoms with Crippen LogP contribution in [-0.4, -0.2) is 0 Å². The van der Waals surface area contributed by atoms with Crippen LogP contribution in [0.3, 0.4) is 0 Å². The van der Waals surface area contributed by atoms with Crippen molar-refractivity contribution in [2.75, 3.05) is 0 Å². The van der Waals surface area contributed by atoms with Gasteiger partial charge in [0.15, 0.2) is 0 Å². The Morgan fingerprint density at radius 1 is 0.691 bits per heavy atom. The van der Waals surface area contributed by atoms with Crippen molar-refractivity contribution in [2.24, 2.45) is 0 Å². The second-order valence-electron chi connectivity index (χ2n) is 16.7. The minimum absolute atomic E-state index is 0.133. The van der Waals surface area contributed by atoms with Crippen LogP contribution in [0, 0.1) is 0 Å². The summed E-state index contributed by atoms with van der Waals surface area (Å²) in [6.45, 7) is 18.8. The Morgan fingerprint density at radius 3 is 2.22 bits per heavy atom. The van der Waals surface area contributed by atoms with Gasteiger partial charge in [-0.3, -0.25) is 0 Å². The summed E-state index contributed by atoms with van der Waals surface area (Å²) < 4.78 is 6.76. The lowest BCUT2D eigenvalue weighted by atomic mass is 9.75. The molecule has 0 fully saturated rings. The molecule has 55 heavy (non-hydrogen) atoms. The molecule has 3 aliphatic rings. The Bertz CT molecular complexity index is 2840. The Morgan fingerprint density at radius 2 is 1.38 bits per heavy atom. The van der Waals surface area contributed by atoms with E-state index in [4.69, 9.17) is 11.0 Å². The molecule has 0 bridgehead atoms. The maximum absolute atomic E-state index is 6.76. The maximum atomic E-state index is 6.76. The van der Waals surface area contributed by atoms with Crippen LogP contribution in [0.25, 0.3) is 44.7 Å². The van der Waals surface area contributed by atoms with Gasteiger partial charge in [0.2, 0.25) is 0 Å². The van der Waals surface area contributed by atoms with Crippen LogP contribution in [-0.2, 0) is 17.3 Å². The van der Waals surface area contributed by atoms with Crippen molar-refractivity contribution in [1.29, 1.82) is 0 Å². The number of para-hydroxylation sites is 1. The highest BCUT2D eigenvalue weighted by Crippen LogP contribution is 2.49. The number of allylic oxidation sites excluding steroid dienone is 9. The molecule has 0 N–H and O–H groups in total. The maximum Gasteiger partial charge on any atom is 0.142 e. The number of furan rings is 1. The van der Waals surface area contributed by atoms with Gasteiger partial charge in [0.25, 0.3) is 0 Å². The summed E-state index contributed by atoms with van der Waals surface area (Å²) in [6.07, 6.45) is 17.7. The zero-order chi connectivity index (χ0) is 37.9. The molecule has 270 valence electrons. The summed E-state index contributed by atoms with van der Waals surface area (Å²) in [5.41, 5.74) is 16.4. The molecule has 1 aromatic heterocycles. The predicted octanol–water partition coefficient (Wildman–Crippen LogP) is 12.6. The van der Waals surface area contributed by atoms with Gasteiger partial charge in [-0.2, -0.15) is 0 Å². The van der Waals surface area contributed by atoms with Crippen molar-refractivity contribution in [3.63, 3.8) is 0 Å². The summed E-state index contributed by atoms with van der Waals surface area (Å²) in [6, 6.07) is 39.7. The van der Waals surface area contributed by atoms with Crippen LogP contribution < -0.4 is 10.4 Å². The van der Waals surface area contributed by atoms with E-state index in [1.807, 2.05) is 0 Å². The van der Waals surface area contributed by atoms with Crippen LogP contribution in [0.5, 0.6) is 0 Å². The second-order valence-corrected chi connectivity index (χ2v) is 16.7. The summed E-state index contributed by atoms with van der Waals surface area (Å²) in [4.78, 5) is 0. The van der Waals surface area contributed by atoms with Crippen molar-refractivity contribution >= 4 is 44.7 Å². The molecular formula is C54H48O. The fraction of sp³-hybridized carbons (Fsp3) is 0.185. The van der Waals surface area contributed by atoms with Gasteiger partial charge in [-0.05, 0) is 121 Å². The molecular weight excluding hydrogens is 665 g/mol. The molecule has 0 unspecified atom stereocenters. The third-order valence-corrected chi connectivity index (χ3v) is 12.3. The monoisotopic (exact) mass is 712 g/mol. The first-order chi connectivity index (χ1) is 26.6. The number of hydrogen-bond donors (Lipinski definition) is 0. The molecule has 0 saturated carbocycles. The summed E-state index contributed by atoms with van der Waals surface area (Å²) >= 11 is 0. The largest absolute Gasteiger partial charge is 0.455 e. The number of benzene rings is 5. The fourth-order valence-corrected chi connectivity index (χ4v) is 9.30. The van der Waals surface area contributed by atoms with Crippen molar-refractivity contribution in [2.45, 2.75) is 64.2 Å². The lowest BCUT2D eigenvalue weighted by Crippen LogP contribution is -2.30. The SMILES string of the molecule is C=C(/C=C1\C(=C)C(C)(C)c2ccccc21)C1=c2cccc/c2=C(C2=Cc3c(ccc4c3oc3ccccc34)Cc3ccccc3C(C)(C)C2)/C=C/CCC=C1. The van der Waals surface area contributed by atoms with Crippen LogP contribution in [0.15, 0.2) is 174 Å². The number of rotatable bonds is 3. The third kappa shape index (κ3) is 5.94. The van der Waals surface area contributed by atoms with E-state index in [2.05, 4.69) is 180 Å². The Kier molecular flexibility index (Phi) is 8.50. The smallest absolute Gasteiger partial charge is 0.142 e. The van der Waals surface area contributed by atoms with Crippen LogP contribution in [0.4, 0.5) is 0 Å². The van der Waals surface area contributed by atoms with Crippen LogP contribution >= 0.6 is 0 Å². The lowest BCUT2D eigenvalue weighted by molar-refractivity contribution is 0.523. The van der Waals surface area contributed by atoms with Gasteiger partial charge in [0.05, 0.1) is 0 Å². The highest BCUT2D eigenvalue weighted by Gasteiger charge is 2.36. The first-order valence-electron chi connectivity index (χ1n) is 19.7. The topological polar surface area (TPSA) is 13.1 Å². The average Bonchev–Trinajstić information content (AvgIpc) is 3.67. The summed E-state index contributed by atoms with van der Waals surface area (Å²) in [7, 11) is 0. The molecule has 3 aliphatic carbocycles. The van der Waals surface area contributed by atoms with E-state index >= 15 is 0 Å². The molecule has 0 saturated heterocycles. The fourth-order valence-electron chi connectivity index (χ4n) is 9.30. The Labute approximate surface area is 325 Å². The highest BCUT2D eigenvalue weighted by atomic mass is 16.3. The standard InChI is InChI=1S/C54H48O/c1-35(31-47-36(2)54(5,6)50-27-17-14-24-44(47)50)40-20-9-7-8-10-21-41(43-23-13-12-22-42(40)43)39-33-48-37(32-38-19-11-16-26-49(38)53(3,4)34-39)29-30-46-45-25-15-18-28-51(45)55-52(46)48/h9-31,33H,1-2,7-8,32,34H2,3-6H3/b20-9?,21-10+,39-33?,42-40?,43-41+,47-31+. The molecule has 1 nitrogen and oxygen atoms in total. The molecule has 9 rings (SSSR count). The van der Waals surface area contributed by atoms with Crippen molar-refractivity contribution in [3.05, 3.63) is 213 Å². The van der Waals surface area contributed by atoms with Crippen LogP contribution in [0.2, 0.25) is 0 Å². The van der Waals surface area contributed by atoms with E-state index in [9.17, 15) is 0 Å². The molecule has 0 atom stereocenters. The first-order valence-corrected chi connectivity index (χ1v) is 19.7. The van der Waals surface area contributed by atoms with Crippen molar-refractivity contribution in [3.8, 4) is 0 Å². The molecule has 5 aromatic carbocycles. The normalized spacial score (nSPS) is 19.8. The minimum atomic E-state index is -0.139. The average molecular weight is 713 g/mol. The van der Waals surface area contributed by atoms with Gasteiger partial charge in [-0.25, -0.2) is 0 Å². The summed E-state index contributed by atoms with van der Waals surface area (Å²) in [5, 5.41) is 4.70. The molecule has 1 heterocycles. The molecule has 1 heteroatoms. The van der Waals surface area contributed by atoms with E-state index in [0.29, 0.717) is 0 Å². The molecule has 0 aliphatic heterocycles. The quantitative estimate of drug-likeness (QED) is 0.178. The Balaban J connectivity index is 1.34. The minimum Gasteiger partial charge on any atom is -0.455 e. The zero-order valence-corrected chi connectivity index (χ0v) is 32.5. The zero-order valence-electron chi connectivity index (χ0n) is 32.5. The highest BCUT2D eigenvalue weighted by molar-refractivity contribution is 6.08. The van der Waals surface area contributed by atoms with Gasteiger partial charge in [0, 0.05) is 21.8 Å². The molecule has 0 amide bonds. The van der Waals surface area contributed by atoms with Gasteiger partial charge in [-0.1, -0.05) is 168 Å². The summed E-state index contributed by atoms with van der Waals surface area (Å²) in [5.74, 6) is 0. The lowest BCUT2D eigenvalue weighted by Gasteiger charge is -2.29. The molecule has 6 aromatic rings. The van der Waals surface area contributed by atoms with Crippen molar-refractivity contribution < 1.29 is 4.42 Å². The van der Waals surface area contributed by atoms with Crippen molar-refractivity contribution in [1.82, 2.24) is 0 Å². The molecule has 0 radical (unpaired) electrons. The van der Waals surface area contributed by atoms with Crippen LogP contribution in [0.1, 0.15) is 80.3 Å². The van der Waals surface area contributed by atoms with Gasteiger partial charge < -0.3 is 4.42 Å². The van der Waals surface area contributed by atoms with Gasteiger partial charge >= 0.3 is 0 Å². The Hall–Kier alpha value is -5.92. The van der Waals surface area contributed by atoms with Gasteiger partial charge in [0.1, 0.15) is 11.2 Å². The molecule has 0 spiro atoms. The van der Waals surface area contributed by atoms with E-state index in [1.54, 1.807) is 0 Å². The van der Waals surface area contributed by atoms with Gasteiger partial charge in [-0.15, -0.1) is 0 Å². The first kappa shape index (κ1) is 34.8. The van der Waals surface area contributed by atoms with E-state index in [0.717, 1.165) is 64.3 Å². The second kappa shape index (κ2) is 13.4. The number of fused-ring (bicyclic) bond motifs is 8. The van der Waals surface area contributed by atoms with E-state index in [1.165, 1.54) is 60.5 Å². The number of hydrogen-bond acceptors (Lipinski definition) is 1. The van der Waals surface area contributed by atoms with E-state index in [-0.39, 0.29) is 10.8 Å².